The van der Waals surface area contributed by atoms with E-state index in [0.29, 0.717) is 12.0 Å². The SMILES string of the molecule is C=C(C)C(=O)OCC1CCCCC1=O. The summed E-state index contributed by atoms with van der Waals surface area (Å²) < 4.78 is 4.95. The van der Waals surface area contributed by atoms with Crippen molar-refractivity contribution >= 4 is 11.8 Å². The van der Waals surface area contributed by atoms with Crippen LogP contribution in [0.25, 0.3) is 0 Å². The summed E-state index contributed by atoms with van der Waals surface area (Å²) in [6.07, 6.45) is 3.52. The van der Waals surface area contributed by atoms with Gasteiger partial charge in [-0.2, -0.15) is 0 Å². The molecule has 0 bridgehead atoms. The van der Waals surface area contributed by atoms with Crippen LogP contribution in [0, 0.1) is 5.92 Å². The molecule has 0 saturated heterocycles. The summed E-state index contributed by atoms with van der Waals surface area (Å²) in [5, 5.41) is 0. The van der Waals surface area contributed by atoms with Crippen LogP contribution in [0.15, 0.2) is 12.2 Å². The lowest BCUT2D eigenvalue weighted by atomic mass is 9.89. The fourth-order valence-corrected chi connectivity index (χ4v) is 1.53. The van der Waals surface area contributed by atoms with Gasteiger partial charge >= 0.3 is 5.97 Å². The molecular weight excluding hydrogens is 180 g/mol. The molecule has 0 radical (unpaired) electrons. The minimum absolute atomic E-state index is 0.0768. The number of hydrogen-bond acceptors (Lipinski definition) is 3. The van der Waals surface area contributed by atoms with Gasteiger partial charge in [0.25, 0.3) is 0 Å². The molecular formula is C11H16O3. The molecule has 1 fully saturated rings. The summed E-state index contributed by atoms with van der Waals surface area (Å²) in [5.74, 6) is -0.249. The highest BCUT2D eigenvalue weighted by atomic mass is 16.5. The Labute approximate surface area is 84.1 Å². The second-order valence-electron chi connectivity index (χ2n) is 3.79. The Morgan fingerprint density at radius 2 is 2.29 bits per heavy atom. The third-order valence-corrected chi connectivity index (χ3v) is 2.45. The summed E-state index contributed by atoms with van der Waals surface area (Å²) in [6, 6.07) is 0. The minimum atomic E-state index is -0.400. The zero-order valence-corrected chi connectivity index (χ0v) is 8.54. The smallest absolute Gasteiger partial charge is 0.333 e. The molecule has 1 rings (SSSR count). The van der Waals surface area contributed by atoms with E-state index in [1.807, 2.05) is 0 Å². The highest BCUT2D eigenvalue weighted by Crippen LogP contribution is 2.20. The van der Waals surface area contributed by atoms with Crippen LogP contribution in [-0.4, -0.2) is 18.4 Å². The van der Waals surface area contributed by atoms with Crippen molar-refractivity contribution in [2.24, 2.45) is 5.92 Å². The van der Waals surface area contributed by atoms with Crippen LogP contribution in [0.2, 0.25) is 0 Å². The molecule has 1 aliphatic carbocycles. The van der Waals surface area contributed by atoms with Crippen molar-refractivity contribution in [1.29, 1.82) is 0 Å². The molecule has 0 spiro atoms. The van der Waals surface area contributed by atoms with Crippen LogP contribution in [0.3, 0.4) is 0 Å². The Balaban J connectivity index is 2.33. The first-order valence-electron chi connectivity index (χ1n) is 4.96. The molecule has 14 heavy (non-hydrogen) atoms. The van der Waals surface area contributed by atoms with Crippen molar-refractivity contribution in [3.8, 4) is 0 Å². The van der Waals surface area contributed by atoms with Crippen LogP contribution < -0.4 is 0 Å². The Bertz CT molecular complexity index is 255. The highest BCUT2D eigenvalue weighted by molar-refractivity contribution is 5.87. The molecule has 1 aliphatic rings. The van der Waals surface area contributed by atoms with Gasteiger partial charge in [-0.3, -0.25) is 4.79 Å². The van der Waals surface area contributed by atoms with Gasteiger partial charge < -0.3 is 4.74 Å². The van der Waals surface area contributed by atoms with Crippen molar-refractivity contribution < 1.29 is 14.3 Å². The third kappa shape index (κ3) is 2.98. The van der Waals surface area contributed by atoms with E-state index >= 15 is 0 Å². The van der Waals surface area contributed by atoms with Crippen LogP contribution >= 0.6 is 0 Å². The van der Waals surface area contributed by atoms with E-state index in [9.17, 15) is 9.59 Å². The van der Waals surface area contributed by atoms with Gasteiger partial charge in [-0.15, -0.1) is 0 Å². The maximum absolute atomic E-state index is 11.4. The average molecular weight is 196 g/mol. The normalized spacial score (nSPS) is 21.8. The van der Waals surface area contributed by atoms with E-state index in [0.717, 1.165) is 19.3 Å². The minimum Gasteiger partial charge on any atom is -0.462 e. The fourth-order valence-electron chi connectivity index (χ4n) is 1.53. The number of Topliss-reactive ketones (excluding diaryl/α,β-unsaturated/α-hetero) is 1. The second-order valence-corrected chi connectivity index (χ2v) is 3.79. The van der Waals surface area contributed by atoms with E-state index < -0.39 is 5.97 Å². The molecule has 3 heteroatoms. The molecule has 0 aliphatic heterocycles. The molecule has 3 nitrogen and oxygen atoms in total. The van der Waals surface area contributed by atoms with E-state index in [1.54, 1.807) is 6.92 Å². The van der Waals surface area contributed by atoms with Crippen molar-refractivity contribution in [1.82, 2.24) is 0 Å². The molecule has 1 saturated carbocycles. The zero-order chi connectivity index (χ0) is 10.6. The van der Waals surface area contributed by atoms with Crippen LogP contribution in [0.5, 0.6) is 0 Å². The topological polar surface area (TPSA) is 43.4 Å². The Kier molecular flexibility index (Phi) is 3.86. The van der Waals surface area contributed by atoms with Gasteiger partial charge in [-0.1, -0.05) is 13.0 Å². The number of esters is 1. The molecule has 0 N–H and O–H groups in total. The van der Waals surface area contributed by atoms with Crippen molar-refractivity contribution in [2.75, 3.05) is 6.61 Å². The summed E-state index contributed by atoms with van der Waals surface area (Å²) in [6.45, 7) is 5.31. The molecule has 78 valence electrons. The van der Waals surface area contributed by atoms with Crippen molar-refractivity contribution in [3.63, 3.8) is 0 Å². The number of carbonyl (C=O) groups is 2. The van der Waals surface area contributed by atoms with Crippen LogP contribution in [0.4, 0.5) is 0 Å². The van der Waals surface area contributed by atoms with Gasteiger partial charge in [-0.05, 0) is 19.8 Å². The van der Waals surface area contributed by atoms with E-state index in [4.69, 9.17) is 4.74 Å². The number of ether oxygens (including phenoxy) is 1. The Morgan fingerprint density at radius 1 is 1.57 bits per heavy atom. The largest absolute Gasteiger partial charge is 0.462 e. The lowest BCUT2D eigenvalue weighted by Crippen LogP contribution is -2.25. The van der Waals surface area contributed by atoms with Crippen molar-refractivity contribution in [3.05, 3.63) is 12.2 Å². The van der Waals surface area contributed by atoms with Gasteiger partial charge in [0, 0.05) is 12.0 Å². The monoisotopic (exact) mass is 196 g/mol. The first-order chi connectivity index (χ1) is 6.61. The molecule has 1 atom stereocenters. The Hall–Kier alpha value is -1.12. The summed E-state index contributed by atoms with van der Waals surface area (Å²) in [4.78, 5) is 22.4. The van der Waals surface area contributed by atoms with Crippen molar-refractivity contribution in [2.45, 2.75) is 32.6 Å². The van der Waals surface area contributed by atoms with Gasteiger partial charge in [-0.25, -0.2) is 4.79 Å². The summed E-state index contributed by atoms with van der Waals surface area (Å²) in [5.41, 5.74) is 0.383. The highest BCUT2D eigenvalue weighted by Gasteiger charge is 2.23. The number of carbonyl (C=O) groups excluding carboxylic acids is 2. The van der Waals surface area contributed by atoms with Crippen LogP contribution in [-0.2, 0) is 14.3 Å². The average Bonchev–Trinajstić information content (AvgIpc) is 2.16. The number of ketones is 1. The molecule has 0 aromatic heterocycles. The maximum atomic E-state index is 11.4. The number of rotatable bonds is 3. The Morgan fingerprint density at radius 3 is 2.86 bits per heavy atom. The first kappa shape index (κ1) is 11.0. The third-order valence-electron chi connectivity index (χ3n) is 2.45. The van der Waals surface area contributed by atoms with E-state index in [-0.39, 0.29) is 18.3 Å². The van der Waals surface area contributed by atoms with Gasteiger partial charge in [0.05, 0.1) is 5.92 Å². The van der Waals surface area contributed by atoms with Gasteiger partial charge in [0.2, 0.25) is 0 Å². The molecule has 0 heterocycles. The molecule has 0 aromatic carbocycles. The molecule has 0 amide bonds. The summed E-state index contributed by atoms with van der Waals surface area (Å²) >= 11 is 0. The maximum Gasteiger partial charge on any atom is 0.333 e. The molecule has 1 unspecified atom stereocenters. The van der Waals surface area contributed by atoms with E-state index in [1.165, 1.54) is 0 Å². The zero-order valence-electron chi connectivity index (χ0n) is 8.54. The predicted molar refractivity (Wildman–Crippen MR) is 52.7 cm³/mol. The summed E-state index contributed by atoms with van der Waals surface area (Å²) in [7, 11) is 0. The standard InChI is InChI=1S/C11H16O3/c1-8(2)11(13)14-7-9-5-3-4-6-10(9)12/h9H,1,3-7H2,2H3. The van der Waals surface area contributed by atoms with Gasteiger partial charge in [0.1, 0.15) is 12.4 Å². The number of hydrogen-bond donors (Lipinski definition) is 0. The predicted octanol–water partition coefficient (Wildman–Crippen LogP) is 1.86. The molecule has 0 aromatic rings. The first-order valence-corrected chi connectivity index (χ1v) is 4.96. The lowest BCUT2D eigenvalue weighted by Gasteiger charge is -2.19. The van der Waals surface area contributed by atoms with Gasteiger partial charge in [0.15, 0.2) is 0 Å². The quantitative estimate of drug-likeness (QED) is 0.511. The second kappa shape index (κ2) is 4.94. The van der Waals surface area contributed by atoms with Crippen LogP contribution in [0.1, 0.15) is 32.6 Å². The van der Waals surface area contributed by atoms with E-state index in [2.05, 4.69) is 6.58 Å². The fraction of sp³-hybridized carbons (Fsp3) is 0.636. The lowest BCUT2D eigenvalue weighted by molar-refractivity contribution is -0.142.